The van der Waals surface area contributed by atoms with Crippen molar-refractivity contribution in [2.75, 3.05) is 19.9 Å². The Balaban J connectivity index is 2.24. The quantitative estimate of drug-likeness (QED) is 0.878. The van der Waals surface area contributed by atoms with Crippen LogP contribution in [0.15, 0.2) is 22.7 Å². The number of aromatic nitrogens is 1. The van der Waals surface area contributed by atoms with Gasteiger partial charge in [-0.1, -0.05) is 16.8 Å². The lowest BCUT2D eigenvalue weighted by molar-refractivity contribution is 0.0779. The Kier molecular flexibility index (Phi) is 4.37. The summed E-state index contributed by atoms with van der Waals surface area (Å²) in [6.45, 7) is 2.11. The predicted octanol–water partition coefficient (Wildman–Crippen LogP) is 2.50. The molecule has 21 heavy (non-hydrogen) atoms. The van der Waals surface area contributed by atoms with E-state index in [9.17, 15) is 4.79 Å². The van der Waals surface area contributed by atoms with Gasteiger partial charge < -0.3 is 19.9 Å². The van der Waals surface area contributed by atoms with Gasteiger partial charge in [0.15, 0.2) is 0 Å². The molecule has 0 aliphatic carbocycles. The fourth-order valence-electron chi connectivity index (χ4n) is 1.92. The maximum absolute atomic E-state index is 12.5. The van der Waals surface area contributed by atoms with Crippen molar-refractivity contribution in [3.8, 4) is 5.75 Å². The minimum Gasteiger partial charge on any atom is -0.496 e. The maximum atomic E-state index is 12.5. The second kappa shape index (κ2) is 6.05. The average molecular weight is 310 g/mol. The van der Waals surface area contributed by atoms with E-state index in [0.717, 1.165) is 0 Å². The molecule has 2 aromatic rings. The van der Waals surface area contributed by atoms with Crippen molar-refractivity contribution in [2.45, 2.75) is 13.5 Å². The summed E-state index contributed by atoms with van der Waals surface area (Å²) < 4.78 is 10.2. The molecule has 0 aliphatic rings. The van der Waals surface area contributed by atoms with Crippen LogP contribution >= 0.6 is 11.6 Å². The van der Waals surface area contributed by atoms with Crippen molar-refractivity contribution in [3.63, 3.8) is 0 Å². The number of rotatable bonds is 4. The van der Waals surface area contributed by atoms with Crippen LogP contribution in [0.4, 0.5) is 5.69 Å². The van der Waals surface area contributed by atoms with E-state index in [1.165, 1.54) is 24.1 Å². The van der Waals surface area contributed by atoms with E-state index >= 15 is 0 Å². The Labute approximate surface area is 127 Å². The van der Waals surface area contributed by atoms with Crippen molar-refractivity contribution in [1.29, 1.82) is 0 Å². The lowest BCUT2D eigenvalue weighted by Crippen LogP contribution is -2.26. The highest BCUT2D eigenvalue weighted by Gasteiger charge is 2.19. The Hall–Kier alpha value is -2.21. The molecule has 1 aromatic carbocycles. The fourth-order valence-corrected chi connectivity index (χ4v) is 2.08. The van der Waals surface area contributed by atoms with Gasteiger partial charge in [0.25, 0.3) is 5.91 Å². The molecule has 0 saturated carbocycles. The summed E-state index contributed by atoms with van der Waals surface area (Å²) in [6.07, 6.45) is 0. The Morgan fingerprint density at radius 2 is 2.19 bits per heavy atom. The van der Waals surface area contributed by atoms with Gasteiger partial charge in [-0.15, -0.1) is 0 Å². The summed E-state index contributed by atoms with van der Waals surface area (Å²) in [4.78, 5) is 14.0. The zero-order valence-electron chi connectivity index (χ0n) is 12.0. The van der Waals surface area contributed by atoms with Crippen molar-refractivity contribution in [3.05, 3.63) is 40.2 Å². The smallest absolute Gasteiger partial charge is 0.257 e. The Morgan fingerprint density at radius 3 is 2.76 bits per heavy atom. The van der Waals surface area contributed by atoms with E-state index < -0.39 is 0 Å². The van der Waals surface area contributed by atoms with Gasteiger partial charge in [-0.3, -0.25) is 4.79 Å². The number of ether oxygens (including phenoxy) is 1. The zero-order valence-corrected chi connectivity index (χ0v) is 12.8. The molecule has 1 heterocycles. The summed E-state index contributed by atoms with van der Waals surface area (Å²) in [5.41, 5.74) is 7.09. The molecule has 0 atom stereocenters. The van der Waals surface area contributed by atoms with Crippen LogP contribution in [0, 0.1) is 6.92 Å². The molecule has 1 aromatic heterocycles. The van der Waals surface area contributed by atoms with Crippen LogP contribution in [0.3, 0.4) is 0 Å². The first kappa shape index (κ1) is 15.2. The standard InChI is InChI=1S/C14H16ClN3O3/c1-8-4-9(17-21-8)7-18(2)14(19)10-5-11(15)12(16)6-13(10)20-3/h4-6H,7,16H2,1-3H3. The molecule has 112 valence electrons. The van der Waals surface area contributed by atoms with Crippen LogP contribution in [0.5, 0.6) is 5.75 Å². The number of hydrogen-bond acceptors (Lipinski definition) is 5. The minimum absolute atomic E-state index is 0.241. The van der Waals surface area contributed by atoms with E-state index in [2.05, 4.69) is 5.16 Å². The van der Waals surface area contributed by atoms with Gasteiger partial charge in [0.2, 0.25) is 0 Å². The monoisotopic (exact) mass is 309 g/mol. The van der Waals surface area contributed by atoms with Crippen LogP contribution < -0.4 is 10.5 Å². The Bertz CT molecular complexity index is 669. The van der Waals surface area contributed by atoms with E-state index in [0.29, 0.717) is 40.0 Å². The molecule has 0 bridgehead atoms. The van der Waals surface area contributed by atoms with E-state index in [-0.39, 0.29) is 5.91 Å². The molecule has 6 nitrogen and oxygen atoms in total. The van der Waals surface area contributed by atoms with E-state index in [1.54, 1.807) is 20.0 Å². The molecule has 0 spiro atoms. The molecule has 2 N–H and O–H groups in total. The number of halogens is 1. The number of nitrogen functional groups attached to an aromatic ring is 1. The summed E-state index contributed by atoms with van der Waals surface area (Å²) in [7, 11) is 3.14. The summed E-state index contributed by atoms with van der Waals surface area (Å²) in [5.74, 6) is 0.832. The second-order valence-electron chi connectivity index (χ2n) is 4.66. The molecule has 0 unspecified atom stereocenters. The maximum Gasteiger partial charge on any atom is 0.257 e. The number of nitrogens with zero attached hydrogens (tertiary/aromatic N) is 2. The van der Waals surface area contributed by atoms with Gasteiger partial charge in [-0.05, 0) is 13.0 Å². The number of amides is 1. The van der Waals surface area contributed by atoms with Crippen molar-refractivity contribution >= 4 is 23.2 Å². The molecule has 0 aliphatic heterocycles. The lowest BCUT2D eigenvalue weighted by Gasteiger charge is -2.18. The molecule has 0 fully saturated rings. The van der Waals surface area contributed by atoms with Gasteiger partial charge >= 0.3 is 0 Å². The topological polar surface area (TPSA) is 81.6 Å². The van der Waals surface area contributed by atoms with Crippen LogP contribution in [0.25, 0.3) is 0 Å². The highest BCUT2D eigenvalue weighted by molar-refractivity contribution is 6.33. The highest BCUT2D eigenvalue weighted by atomic mass is 35.5. The first-order chi connectivity index (χ1) is 9.92. The molecule has 0 saturated heterocycles. The lowest BCUT2D eigenvalue weighted by atomic mass is 10.1. The van der Waals surface area contributed by atoms with Gasteiger partial charge in [-0.25, -0.2) is 0 Å². The van der Waals surface area contributed by atoms with Crippen LogP contribution in [0.2, 0.25) is 5.02 Å². The summed E-state index contributed by atoms with van der Waals surface area (Å²) in [6, 6.07) is 4.81. The van der Waals surface area contributed by atoms with Gasteiger partial charge in [0.05, 0.1) is 29.9 Å². The molecule has 7 heteroatoms. The normalized spacial score (nSPS) is 10.5. The number of hydrogen-bond donors (Lipinski definition) is 1. The number of nitrogens with two attached hydrogens (primary N) is 1. The molecular formula is C14H16ClN3O3. The minimum atomic E-state index is -0.241. The third-order valence-corrected chi connectivity index (χ3v) is 3.30. The SMILES string of the molecule is COc1cc(N)c(Cl)cc1C(=O)N(C)Cc1cc(C)on1. The summed E-state index contributed by atoms with van der Waals surface area (Å²) in [5, 5.41) is 4.17. The van der Waals surface area contributed by atoms with Crippen molar-refractivity contribution in [2.24, 2.45) is 0 Å². The zero-order chi connectivity index (χ0) is 15.6. The first-order valence-electron chi connectivity index (χ1n) is 6.23. The third kappa shape index (κ3) is 3.28. The molecule has 2 rings (SSSR count). The second-order valence-corrected chi connectivity index (χ2v) is 5.07. The first-order valence-corrected chi connectivity index (χ1v) is 6.61. The van der Waals surface area contributed by atoms with Crippen LogP contribution in [0.1, 0.15) is 21.8 Å². The summed E-state index contributed by atoms with van der Waals surface area (Å²) >= 11 is 5.98. The molecule has 1 amide bonds. The van der Waals surface area contributed by atoms with Gasteiger partial charge in [0, 0.05) is 19.2 Å². The highest BCUT2D eigenvalue weighted by Crippen LogP contribution is 2.29. The van der Waals surface area contributed by atoms with E-state index in [4.69, 9.17) is 26.6 Å². The van der Waals surface area contributed by atoms with Crippen LogP contribution in [-0.4, -0.2) is 30.1 Å². The number of benzene rings is 1. The van der Waals surface area contributed by atoms with Crippen molar-refractivity contribution in [1.82, 2.24) is 10.1 Å². The number of aryl methyl sites for hydroxylation is 1. The van der Waals surface area contributed by atoms with E-state index in [1.807, 2.05) is 0 Å². The number of carbonyl (C=O) groups is 1. The number of anilines is 1. The number of carbonyl (C=O) groups excluding carboxylic acids is 1. The fraction of sp³-hybridized carbons (Fsp3) is 0.286. The molecular weight excluding hydrogens is 294 g/mol. The third-order valence-electron chi connectivity index (χ3n) is 2.97. The average Bonchev–Trinajstić information content (AvgIpc) is 2.85. The van der Waals surface area contributed by atoms with Gasteiger partial charge in [0.1, 0.15) is 17.2 Å². The molecule has 0 radical (unpaired) electrons. The van der Waals surface area contributed by atoms with Crippen LogP contribution in [-0.2, 0) is 6.54 Å². The Morgan fingerprint density at radius 1 is 1.48 bits per heavy atom. The number of methoxy groups -OCH3 is 1. The van der Waals surface area contributed by atoms with Gasteiger partial charge in [-0.2, -0.15) is 0 Å². The largest absolute Gasteiger partial charge is 0.496 e. The van der Waals surface area contributed by atoms with Crippen molar-refractivity contribution < 1.29 is 14.1 Å². The predicted molar refractivity (Wildman–Crippen MR) is 79.5 cm³/mol.